The van der Waals surface area contributed by atoms with Crippen molar-refractivity contribution in [3.05, 3.63) is 64.9 Å². The number of benzene rings is 2. The largest absolute Gasteiger partial charge is 0.479 e. The zero-order chi connectivity index (χ0) is 25.8. The van der Waals surface area contributed by atoms with E-state index < -0.39 is 17.7 Å². The summed E-state index contributed by atoms with van der Waals surface area (Å²) in [6, 6.07) is 11.3. The number of pyridine rings is 1. The molecular weight excluding hydrogens is 496 g/mol. The molecule has 3 aromatic heterocycles. The number of aliphatic carboxylic acids is 1. The van der Waals surface area contributed by atoms with E-state index in [9.17, 15) is 9.90 Å². The van der Waals surface area contributed by atoms with Gasteiger partial charge in [0.1, 0.15) is 5.01 Å². The number of nitrogens with zero attached hydrogens (tertiary/aromatic N) is 4. The van der Waals surface area contributed by atoms with E-state index in [2.05, 4.69) is 10.1 Å². The van der Waals surface area contributed by atoms with Crippen LogP contribution in [0.25, 0.3) is 42.9 Å². The fourth-order valence-electron chi connectivity index (χ4n) is 4.31. The molecule has 0 fully saturated rings. The third kappa shape index (κ3) is 4.48. The molecule has 184 valence electrons. The summed E-state index contributed by atoms with van der Waals surface area (Å²) in [5.41, 5.74) is 4.80. The van der Waals surface area contributed by atoms with Gasteiger partial charge < -0.3 is 9.84 Å². The van der Waals surface area contributed by atoms with Gasteiger partial charge in [-0.3, -0.25) is 9.67 Å². The van der Waals surface area contributed by atoms with E-state index in [1.807, 2.05) is 59.0 Å². The molecule has 3 heterocycles. The van der Waals surface area contributed by atoms with Crippen LogP contribution in [0.4, 0.5) is 0 Å². The number of carbonyl (C=O) groups is 1. The van der Waals surface area contributed by atoms with Crippen molar-refractivity contribution in [1.82, 2.24) is 19.7 Å². The van der Waals surface area contributed by atoms with Crippen LogP contribution in [-0.2, 0) is 16.6 Å². The van der Waals surface area contributed by atoms with Gasteiger partial charge in [-0.1, -0.05) is 23.7 Å². The number of carboxylic acid groups (broad SMARTS) is 1. The predicted octanol–water partition coefficient (Wildman–Crippen LogP) is 6.81. The average Bonchev–Trinajstić information content (AvgIpc) is 3.40. The first-order valence-electron chi connectivity index (χ1n) is 11.4. The Labute approximate surface area is 217 Å². The summed E-state index contributed by atoms with van der Waals surface area (Å²) in [5, 5.41) is 16.8. The minimum Gasteiger partial charge on any atom is -0.479 e. The third-order valence-corrected chi connectivity index (χ3v) is 7.23. The van der Waals surface area contributed by atoms with Crippen molar-refractivity contribution in [3.8, 4) is 21.8 Å². The summed E-state index contributed by atoms with van der Waals surface area (Å²) < 4.78 is 8.72. The second kappa shape index (κ2) is 8.96. The molecule has 7 nitrogen and oxygen atoms in total. The van der Waals surface area contributed by atoms with Crippen LogP contribution >= 0.6 is 22.9 Å². The van der Waals surface area contributed by atoms with Gasteiger partial charge in [0, 0.05) is 28.6 Å². The van der Waals surface area contributed by atoms with Gasteiger partial charge in [-0.2, -0.15) is 5.10 Å². The summed E-state index contributed by atoms with van der Waals surface area (Å²) in [6.45, 7) is 7.45. The van der Waals surface area contributed by atoms with Gasteiger partial charge in [0.05, 0.1) is 39.4 Å². The highest BCUT2D eigenvalue weighted by molar-refractivity contribution is 7.22. The Bertz CT molecular complexity index is 1620. The molecule has 1 N–H and O–H groups in total. The molecule has 0 saturated carbocycles. The van der Waals surface area contributed by atoms with Gasteiger partial charge in [0.25, 0.3) is 0 Å². The van der Waals surface area contributed by atoms with Crippen LogP contribution in [0.15, 0.2) is 48.8 Å². The van der Waals surface area contributed by atoms with Crippen LogP contribution in [-0.4, -0.2) is 36.4 Å². The van der Waals surface area contributed by atoms with E-state index in [1.54, 1.807) is 29.2 Å². The standard InChI is InChI=1S/C27H25ClN4O3S/c1-14-10-18-24(36-25(31-18)19-11-16-12-30-32(5)20(16)13-29-19)22(15-6-8-17(28)9-7-15)21(14)23(26(33)34)35-27(2,3)4/h6-13,23H,1-5H3,(H,33,34). The summed E-state index contributed by atoms with van der Waals surface area (Å²) in [7, 11) is 1.88. The lowest BCUT2D eigenvalue weighted by Crippen LogP contribution is -2.28. The third-order valence-electron chi connectivity index (χ3n) is 5.87. The van der Waals surface area contributed by atoms with Crippen molar-refractivity contribution >= 4 is 50.0 Å². The zero-order valence-electron chi connectivity index (χ0n) is 20.5. The first-order valence-corrected chi connectivity index (χ1v) is 12.6. The molecule has 9 heteroatoms. The van der Waals surface area contributed by atoms with Gasteiger partial charge >= 0.3 is 5.97 Å². The van der Waals surface area contributed by atoms with Gasteiger partial charge in [-0.25, -0.2) is 9.78 Å². The second-order valence-corrected chi connectivity index (χ2v) is 11.1. The van der Waals surface area contributed by atoms with Crippen LogP contribution in [0.5, 0.6) is 0 Å². The Morgan fingerprint density at radius 3 is 2.56 bits per heavy atom. The van der Waals surface area contributed by atoms with E-state index in [0.717, 1.165) is 48.5 Å². The van der Waals surface area contributed by atoms with Crippen molar-refractivity contribution < 1.29 is 14.6 Å². The number of aromatic nitrogens is 4. The molecule has 0 aliphatic carbocycles. The maximum Gasteiger partial charge on any atom is 0.337 e. The SMILES string of the molecule is Cc1cc2nc(-c3cc4cnn(C)c4cn3)sc2c(-c2ccc(Cl)cc2)c1C(OC(C)(C)C)C(=O)O. The summed E-state index contributed by atoms with van der Waals surface area (Å²) in [6.07, 6.45) is 2.43. The van der Waals surface area contributed by atoms with Crippen molar-refractivity contribution in [1.29, 1.82) is 0 Å². The molecule has 0 radical (unpaired) electrons. The first-order chi connectivity index (χ1) is 17.0. The fraction of sp³-hybridized carbons (Fsp3) is 0.259. The van der Waals surface area contributed by atoms with Crippen molar-refractivity contribution in [2.45, 2.75) is 39.4 Å². The highest BCUT2D eigenvalue weighted by atomic mass is 35.5. The zero-order valence-corrected chi connectivity index (χ0v) is 22.1. The molecule has 1 atom stereocenters. The minimum absolute atomic E-state index is 0.601. The Balaban J connectivity index is 1.78. The number of thiazole rings is 1. The maximum absolute atomic E-state index is 12.5. The summed E-state index contributed by atoms with van der Waals surface area (Å²) in [5.74, 6) is -1.05. The monoisotopic (exact) mass is 520 g/mol. The second-order valence-electron chi connectivity index (χ2n) is 9.70. The lowest BCUT2D eigenvalue weighted by atomic mass is 9.91. The summed E-state index contributed by atoms with van der Waals surface area (Å²) >= 11 is 7.66. The molecule has 2 aromatic carbocycles. The predicted molar refractivity (Wildman–Crippen MR) is 144 cm³/mol. The van der Waals surface area contributed by atoms with E-state index in [4.69, 9.17) is 21.3 Å². The van der Waals surface area contributed by atoms with Gasteiger partial charge in [-0.05, 0) is 63.1 Å². The number of aryl methyl sites for hydroxylation is 2. The number of hydrogen-bond acceptors (Lipinski definition) is 6. The van der Waals surface area contributed by atoms with Gasteiger partial charge in [0.2, 0.25) is 0 Å². The number of hydrogen-bond donors (Lipinski definition) is 1. The Kier molecular flexibility index (Phi) is 6.06. The molecule has 36 heavy (non-hydrogen) atoms. The van der Waals surface area contributed by atoms with Crippen LogP contribution in [0.3, 0.4) is 0 Å². The number of rotatable bonds is 5. The minimum atomic E-state index is -1.16. The lowest BCUT2D eigenvalue weighted by Gasteiger charge is -2.28. The Morgan fingerprint density at radius 2 is 1.89 bits per heavy atom. The first kappa shape index (κ1) is 24.4. The number of fused-ring (bicyclic) bond motifs is 2. The topological polar surface area (TPSA) is 90.1 Å². The molecule has 5 rings (SSSR count). The quantitative estimate of drug-likeness (QED) is 0.273. The van der Waals surface area contributed by atoms with E-state index in [-0.39, 0.29) is 0 Å². The highest BCUT2D eigenvalue weighted by Gasteiger charge is 2.32. The van der Waals surface area contributed by atoms with Crippen LogP contribution < -0.4 is 0 Å². The maximum atomic E-state index is 12.5. The van der Waals surface area contributed by atoms with Crippen LogP contribution in [0.1, 0.15) is 38.0 Å². The molecule has 0 spiro atoms. The van der Waals surface area contributed by atoms with Crippen molar-refractivity contribution in [3.63, 3.8) is 0 Å². The van der Waals surface area contributed by atoms with E-state index in [0.29, 0.717) is 10.6 Å². The number of ether oxygens (including phenoxy) is 1. The van der Waals surface area contributed by atoms with E-state index >= 15 is 0 Å². The smallest absolute Gasteiger partial charge is 0.337 e. The molecule has 5 aromatic rings. The molecular formula is C27H25ClN4O3S. The normalized spacial score (nSPS) is 12.9. The van der Waals surface area contributed by atoms with E-state index in [1.165, 1.54) is 11.3 Å². The van der Waals surface area contributed by atoms with Gasteiger partial charge in [-0.15, -0.1) is 11.3 Å². The number of halogens is 1. The number of carboxylic acids is 1. The lowest BCUT2D eigenvalue weighted by molar-refractivity contribution is -0.160. The molecule has 1 unspecified atom stereocenters. The molecule has 0 saturated heterocycles. The van der Waals surface area contributed by atoms with Crippen molar-refractivity contribution in [2.75, 3.05) is 0 Å². The molecule has 0 bridgehead atoms. The summed E-state index contributed by atoms with van der Waals surface area (Å²) in [4.78, 5) is 22.0. The average molecular weight is 521 g/mol. The molecule has 0 aliphatic rings. The van der Waals surface area contributed by atoms with Gasteiger partial charge in [0.15, 0.2) is 6.10 Å². The Morgan fingerprint density at radius 1 is 1.17 bits per heavy atom. The van der Waals surface area contributed by atoms with Crippen LogP contribution in [0.2, 0.25) is 5.02 Å². The fourth-order valence-corrected chi connectivity index (χ4v) is 5.53. The Hall–Kier alpha value is -3.33. The molecule has 0 amide bonds. The highest BCUT2D eigenvalue weighted by Crippen LogP contribution is 2.44. The molecule has 0 aliphatic heterocycles. The van der Waals surface area contributed by atoms with Crippen molar-refractivity contribution in [2.24, 2.45) is 7.05 Å². The van der Waals surface area contributed by atoms with Crippen LogP contribution in [0, 0.1) is 6.92 Å².